The average Bonchev–Trinajstić information content (AvgIpc) is 2.80. The number of anilines is 1. The second kappa shape index (κ2) is 9.65. The minimum Gasteiger partial charge on any atom is -0.489 e. The average molecular weight is 519 g/mol. The van der Waals surface area contributed by atoms with Gasteiger partial charge in [-0.1, -0.05) is 46.3 Å². The molecule has 1 aliphatic rings. The third-order valence-electron chi connectivity index (χ3n) is 5.67. The van der Waals surface area contributed by atoms with Crippen molar-refractivity contribution >= 4 is 45.5 Å². The van der Waals surface area contributed by atoms with Crippen LogP contribution in [0.1, 0.15) is 27.8 Å². The van der Waals surface area contributed by atoms with Crippen LogP contribution in [0.5, 0.6) is 5.75 Å². The lowest BCUT2D eigenvalue weighted by Gasteiger charge is -2.26. The molecule has 4 amide bonds. The van der Waals surface area contributed by atoms with E-state index >= 15 is 0 Å². The van der Waals surface area contributed by atoms with E-state index in [1.54, 1.807) is 42.5 Å². The van der Waals surface area contributed by atoms with Gasteiger partial charge in [0.1, 0.15) is 17.9 Å². The summed E-state index contributed by atoms with van der Waals surface area (Å²) in [5, 5.41) is 2.24. The molecule has 4 rings (SSSR count). The minimum atomic E-state index is -0.774. The molecule has 34 heavy (non-hydrogen) atoms. The second-order valence-electron chi connectivity index (χ2n) is 8.17. The number of imide groups is 2. The van der Waals surface area contributed by atoms with Crippen molar-refractivity contribution in [2.45, 2.75) is 27.4 Å². The number of aryl methyl sites for hydroxylation is 3. The smallest absolute Gasteiger partial charge is 0.335 e. The number of barbiturate groups is 1. The Labute approximate surface area is 206 Å². The molecule has 0 aliphatic carbocycles. The molecule has 0 radical (unpaired) electrons. The van der Waals surface area contributed by atoms with Gasteiger partial charge in [-0.25, -0.2) is 9.69 Å². The van der Waals surface area contributed by atoms with Crippen LogP contribution < -0.4 is 15.0 Å². The summed E-state index contributed by atoms with van der Waals surface area (Å²) in [5.74, 6) is -0.734. The Morgan fingerprint density at radius 1 is 0.882 bits per heavy atom. The second-order valence-corrected chi connectivity index (χ2v) is 9.02. The van der Waals surface area contributed by atoms with E-state index in [4.69, 9.17) is 4.74 Å². The zero-order chi connectivity index (χ0) is 24.4. The van der Waals surface area contributed by atoms with Crippen molar-refractivity contribution in [1.82, 2.24) is 5.32 Å². The summed E-state index contributed by atoms with van der Waals surface area (Å²) in [6.07, 6.45) is 1.47. The van der Waals surface area contributed by atoms with Crippen LogP contribution in [-0.2, 0) is 16.2 Å². The van der Waals surface area contributed by atoms with Crippen molar-refractivity contribution < 1.29 is 19.1 Å². The normalized spacial score (nSPS) is 15.0. The predicted octanol–water partition coefficient (Wildman–Crippen LogP) is 5.62. The summed E-state index contributed by atoms with van der Waals surface area (Å²) >= 11 is 3.41. The molecule has 0 spiro atoms. The fourth-order valence-electron chi connectivity index (χ4n) is 3.55. The number of carbonyl (C=O) groups is 3. The largest absolute Gasteiger partial charge is 0.489 e. The van der Waals surface area contributed by atoms with Gasteiger partial charge in [0.05, 0.1) is 5.69 Å². The molecule has 1 fully saturated rings. The van der Waals surface area contributed by atoms with Crippen LogP contribution in [0, 0.1) is 20.8 Å². The summed E-state index contributed by atoms with van der Waals surface area (Å²) in [6, 6.07) is 17.6. The monoisotopic (exact) mass is 518 g/mol. The highest BCUT2D eigenvalue weighted by Crippen LogP contribution is 2.27. The van der Waals surface area contributed by atoms with Crippen LogP contribution in [0.3, 0.4) is 0 Å². The molecule has 1 saturated heterocycles. The van der Waals surface area contributed by atoms with Crippen LogP contribution in [0.25, 0.3) is 6.08 Å². The Bertz CT molecular complexity index is 1330. The van der Waals surface area contributed by atoms with E-state index in [0.717, 1.165) is 20.5 Å². The molecule has 3 aromatic carbocycles. The van der Waals surface area contributed by atoms with Crippen LogP contribution in [0.15, 0.2) is 70.7 Å². The maximum atomic E-state index is 13.1. The number of carbonyl (C=O) groups excluding carboxylic acids is 3. The molecule has 1 N–H and O–H groups in total. The lowest BCUT2D eigenvalue weighted by atomic mass is 10.1. The maximum Gasteiger partial charge on any atom is 0.335 e. The molecular formula is C27H23BrN2O4. The highest BCUT2D eigenvalue weighted by molar-refractivity contribution is 9.10. The van der Waals surface area contributed by atoms with Crippen molar-refractivity contribution in [3.8, 4) is 5.75 Å². The molecule has 0 bridgehead atoms. The molecule has 0 unspecified atom stereocenters. The van der Waals surface area contributed by atoms with Gasteiger partial charge in [0.2, 0.25) is 0 Å². The van der Waals surface area contributed by atoms with Gasteiger partial charge in [-0.05, 0) is 85.0 Å². The first-order valence-corrected chi connectivity index (χ1v) is 11.5. The van der Waals surface area contributed by atoms with Crippen LogP contribution >= 0.6 is 15.9 Å². The summed E-state index contributed by atoms with van der Waals surface area (Å²) in [4.78, 5) is 38.8. The van der Waals surface area contributed by atoms with Crippen molar-refractivity contribution in [3.05, 3.63) is 98.5 Å². The van der Waals surface area contributed by atoms with Crippen molar-refractivity contribution in [3.63, 3.8) is 0 Å². The van der Waals surface area contributed by atoms with Crippen LogP contribution in [0.2, 0.25) is 0 Å². The summed E-state index contributed by atoms with van der Waals surface area (Å²) < 4.78 is 6.71. The molecule has 6 nitrogen and oxygen atoms in total. The SMILES string of the molecule is Cc1ccc(COc2ccc(/C=C3/C(=O)NC(=O)N(c4ccc(Br)c(C)c4)C3=O)cc2)cc1C. The molecule has 172 valence electrons. The molecule has 0 atom stereocenters. The Morgan fingerprint density at radius 2 is 1.62 bits per heavy atom. The number of benzene rings is 3. The maximum absolute atomic E-state index is 13.1. The first-order valence-electron chi connectivity index (χ1n) is 10.7. The third kappa shape index (κ3) is 4.94. The lowest BCUT2D eigenvalue weighted by Crippen LogP contribution is -2.54. The number of halogens is 1. The van der Waals surface area contributed by atoms with Gasteiger partial charge in [-0.2, -0.15) is 0 Å². The van der Waals surface area contributed by atoms with Crippen molar-refractivity contribution in [2.75, 3.05) is 4.90 Å². The van der Waals surface area contributed by atoms with Gasteiger partial charge in [0.25, 0.3) is 11.8 Å². The Morgan fingerprint density at radius 3 is 2.29 bits per heavy atom. The van der Waals surface area contributed by atoms with E-state index in [2.05, 4.69) is 47.2 Å². The van der Waals surface area contributed by atoms with Crippen molar-refractivity contribution in [2.24, 2.45) is 0 Å². The zero-order valence-corrected chi connectivity index (χ0v) is 20.6. The van der Waals surface area contributed by atoms with E-state index in [-0.39, 0.29) is 5.57 Å². The minimum absolute atomic E-state index is 0.121. The summed E-state index contributed by atoms with van der Waals surface area (Å²) in [6.45, 7) is 6.42. The molecular weight excluding hydrogens is 496 g/mol. The first kappa shape index (κ1) is 23.4. The number of nitrogens with one attached hydrogen (secondary N) is 1. The predicted molar refractivity (Wildman–Crippen MR) is 135 cm³/mol. The van der Waals surface area contributed by atoms with Gasteiger partial charge in [0, 0.05) is 4.47 Å². The Hall–Kier alpha value is -3.71. The van der Waals surface area contributed by atoms with E-state index in [1.807, 2.05) is 13.0 Å². The van der Waals surface area contributed by atoms with Crippen molar-refractivity contribution in [1.29, 1.82) is 0 Å². The Kier molecular flexibility index (Phi) is 6.65. The molecule has 0 saturated carbocycles. The topological polar surface area (TPSA) is 75.7 Å². The van der Waals surface area contributed by atoms with E-state index in [1.165, 1.54) is 17.2 Å². The first-order chi connectivity index (χ1) is 16.2. The summed E-state index contributed by atoms with van der Waals surface area (Å²) in [5.41, 5.74) is 5.28. The number of nitrogens with zero attached hydrogens (tertiary/aromatic N) is 1. The number of amides is 4. The number of rotatable bonds is 5. The number of ether oxygens (including phenoxy) is 1. The number of urea groups is 1. The van der Waals surface area contributed by atoms with Gasteiger partial charge in [0.15, 0.2) is 0 Å². The van der Waals surface area contributed by atoms with Gasteiger partial charge in [-0.3, -0.25) is 14.9 Å². The highest BCUT2D eigenvalue weighted by atomic mass is 79.9. The quantitative estimate of drug-likeness (QED) is 0.351. The molecule has 1 aliphatic heterocycles. The van der Waals surface area contributed by atoms with Gasteiger partial charge in [-0.15, -0.1) is 0 Å². The highest BCUT2D eigenvalue weighted by Gasteiger charge is 2.36. The lowest BCUT2D eigenvalue weighted by molar-refractivity contribution is -0.122. The molecule has 7 heteroatoms. The van der Waals surface area contributed by atoms with Gasteiger partial charge < -0.3 is 4.74 Å². The summed E-state index contributed by atoms with van der Waals surface area (Å²) in [7, 11) is 0. The third-order valence-corrected chi connectivity index (χ3v) is 6.56. The standard InChI is InChI=1S/C27H23BrN2O4/c1-16-4-5-20(12-17(16)2)15-34-22-9-6-19(7-10-22)14-23-25(31)29-27(33)30(26(23)32)21-8-11-24(28)18(3)13-21/h4-14H,15H2,1-3H3,(H,29,31,33)/b23-14-. The number of hydrogen-bond acceptors (Lipinski definition) is 4. The van der Waals surface area contributed by atoms with E-state index in [9.17, 15) is 14.4 Å². The van der Waals surface area contributed by atoms with Crippen LogP contribution in [-0.4, -0.2) is 17.8 Å². The number of hydrogen-bond donors (Lipinski definition) is 1. The Balaban J connectivity index is 1.52. The molecule has 0 aromatic heterocycles. The molecule has 3 aromatic rings. The van der Waals surface area contributed by atoms with Crippen LogP contribution in [0.4, 0.5) is 10.5 Å². The van der Waals surface area contributed by atoms with E-state index < -0.39 is 17.8 Å². The fourth-order valence-corrected chi connectivity index (χ4v) is 3.79. The molecule has 1 heterocycles. The van der Waals surface area contributed by atoms with Gasteiger partial charge >= 0.3 is 6.03 Å². The fraction of sp³-hybridized carbons (Fsp3) is 0.148. The zero-order valence-electron chi connectivity index (χ0n) is 19.0. The van der Waals surface area contributed by atoms with E-state index in [0.29, 0.717) is 23.6 Å².